The number of aliphatic hydroxyl groups excluding tert-OH is 2. The molecule has 44 heavy (non-hydrogen) atoms. The quantitative estimate of drug-likeness (QED) is 0.131. The van der Waals surface area contributed by atoms with E-state index in [-0.39, 0.29) is 5.92 Å². The number of fused-ring (bicyclic) bond motifs is 1. The summed E-state index contributed by atoms with van der Waals surface area (Å²) in [5.74, 6) is -5.20. The number of H-pyrrole nitrogens is 1. The van der Waals surface area contributed by atoms with Crippen molar-refractivity contribution in [1.29, 1.82) is 0 Å². The van der Waals surface area contributed by atoms with Crippen molar-refractivity contribution in [3.8, 4) is 0 Å². The van der Waals surface area contributed by atoms with Crippen LogP contribution in [0, 0.1) is 5.92 Å². The van der Waals surface area contributed by atoms with Crippen molar-refractivity contribution in [1.82, 2.24) is 4.98 Å². The Morgan fingerprint density at radius 2 is 1.14 bits per heavy atom. The molecule has 0 aliphatic carbocycles. The molecule has 0 fully saturated rings. The second-order valence-electron chi connectivity index (χ2n) is 9.48. The van der Waals surface area contributed by atoms with Crippen molar-refractivity contribution in [3.05, 3.63) is 36.0 Å². The summed E-state index contributed by atoms with van der Waals surface area (Å²) < 4.78 is 0. The molecule has 1 aromatic carbocycles. The van der Waals surface area contributed by atoms with Gasteiger partial charge in [-0.15, -0.1) is 0 Å². The number of nitrogens with one attached hydrogen (secondary N) is 1. The molecular weight excluding hydrogens is 588 g/mol. The highest BCUT2D eigenvalue weighted by atomic mass is 16.4. The first kappa shape index (κ1) is 44.3. The van der Waals surface area contributed by atoms with Gasteiger partial charge in [-0.05, 0) is 31.4 Å². The van der Waals surface area contributed by atoms with Crippen LogP contribution < -0.4 is 28.7 Å². The molecular formula is C26H46N6O12. The molecule has 0 spiro atoms. The molecule has 0 aliphatic rings. The molecule has 2 rings (SSSR count). The molecule has 1 aromatic heterocycles. The van der Waals surface area contributed by atoms with Gasteiger partial charge < -0.3 is 69.4 Å². The van der Waals surface area contributed by atoms with Crippen molar-refractivity contribution >= 4 is 40.7 Å². The second kappa shape index (κ2) is 23.3. The monoisotopic (exact) mass is 634 g/mol. The van der Waals surface area contributed by atoms with Crippen molar-refractivity contribution < 1.29 is 59.7 Å². The summed E-state index contributed by atoms with van der Waals surface area (Å²) in [7, 11) is 0. The van der Waals surface area contributed by atoms with Crippen LogP contribution in [-0.4, -0.2) is 113 Å². The summed E-state index contributed by atoms with van der Waals surface area (Å²) in [6.07, 6.45) is 1.18. The van der Waals surface area contributed by atoms with Gasteiger partial charge in [0.1, 0.15) is 30.2 Å². The predicted octanol–water partition coefficient (Wildman–Crippen LogP) is -2.24. The number of para-hydroxylation sites is 1. The Kier molecular flexibility index (Phi) is 23.5. The summed E-state index contributed by atoms with van der Waals surface area (Å²) >= 11 is 0. The Hall–Kier alpha value is -4.17. The van der Waals surface area contributed by atoms with Gasteiger partial charge in [-0.2, -0.15) is 0 Å². The molecule has 0 radical (unpaired) electrons. The second-order valence-corrected chi connectivity index (χ2v) is 9.48. The van der Waals surface area contributed by atoms with Crippen LogP contribution in [0.25, 0.3) is 10.9 Å². The van der Waals surface area contributed by atoms with E-state index in [1.807, 2.05) is 30.5 Å². The maximum Gasteiger partial charge on any atom is 0.323 e. The fourth-order valence-electron chi connectivity index (χ4n) is 2.19. The van der Waals surface area contributed by atoms with Crippen LogP contribution in [0.4, 0.5) is 0 Å². The first-order valence-corrected chi connectivity index (χ1v) is 12.9. The lowest BCUT2D eigenvalue weighted by molar-refractivity contribution is -0.141. The largest absolute Gasteiger partial charge is 0.480 e. The van der Waals surface area contributed by atoms with Gasteiger partial charge in [0.05, 0.1) is 12.7 Å². The normalized spacial score (nSPS) is 14.1. The Morgan fingerprint density at radius 1 is 0.705 bits per heavy atom. The van der Waals surface area contributed by atoms with Crippen LogP contribution in [0.3, 0.4) is 0 Å². The number of benzene rings is 1. The van der Waals surface area contributed by atoms with Crippen LogP contribution in [0.15, 0.2) is 30.5 Å². The number of rotatable bonds is 10. The summed E-state index contributed by atoms with van der Waals surface area (Å²) in [4.78, 5) is 52.8. The van der Waals surface area contributed by atoms with Gasteiger partial charge in [0.15, 0.2) is 0 Å². The third-order valence-electron chi connectivity index (χ3n) is 5.14. The number of nitrogens with two attached hydrogens (primary N) is 5. The molecule has 0 saturated carbocycles. The minimum absolute atomic E-state index is 0.0208. The number of aliphatic carboxylic acids is 5. The third-order valence-corrected chi connectivity index (χ3v) is 5.14. The first-order chi connectivity index (χ1) is 20.1. The Balaban J connectivity index is -0.000000506. The van der Waals surface area contributed by atoms with E-state index >= 15 is 0 Å². The first-order valence-electron chi connectivity index (χ1n) is 12.9. The molecule has 0 bridgehead atoms. The molecule has 18 nitrogen and oxygen atoms in total. The molecule has 18 N–H and O–H groups in total. The van der Waals surface area contributed by atoms with E-state index < -0.39 is 72.8 Å². The maximum atomic E-state index is 10.6. The predicted molar refractivity (Wildman–Crippen MR) is 159 cm³/mol. The number of aliphatic hydroxyl groups is 2. The van der Waals surface area contributed by atoms with Gasteiger partial charge in [0, 0.05) is 23.5 Å². The Morgan fingerprint density at radius 3 is 1.39 bits per heavy atom. The number of hydrogen-bond donors (Lipinski definition) is 13. The van der Waals surface area contributed by atoms with E-state index in [0.29, 0.717) is 6.42 Å². The van der Waals surface area contributed by atoms with Gasteiger partial charge >= 0.3 is 29.8 Å². The average Bonchev–Trinajstić information content (AvgIpc) is 3.35. The van der Waals surface area contributed by atoms with Gasteiger partial charge in [-0.25, -0.2) is 0 Å². The summed E-state index contributed by atoms with van der Waals surface area (Å²) in [5.41, 5.74) is 27.1. The Bertz CT molecular complexity index is 1130. The molecule has 2 aromatic rings. The van der Waals surface area contributed by atoms with Crippen molar-refractivity contribution in [2.45, 2.75) is 70.4 Å². The molecule has 0 amide bonds. The van der Waals surface area contributed by atoms with Crippen LogP contribution in [-0.2, 0) is 30.4 Å². The number of hydrogen-bond acceptors (Lipinski definition) is 12. The number of aromatic amines is 1. The van der Waals surface area contributed by atoms with E-state index in [4.69, 9.17) is 64.4 Å². The lowest BCUT2D eigenvalue weighted by atomic mass is 10.1. The highest BCUT2D eigenvalue weighted by molar-refractivity contribution is 5.84. The minimum atomic E-state index is -1.18. The van der Waals surface area contributed by atoms with Crippen LogP contribution >= 0.6 is 0 Å². The summed E-state index contributed by atoms with van der Waals surface area (Å²) in [6.45, 7) is 5.80. The van der Waals surface area contributed by atoms with Gasteiger partial charge in [-0.1, -0.05) is 32.0 Å². The van der Waals surface area contributed by atoms with Crippen molar-refractivity contribution in [2.75, 3.05) is 6.61 Å². The molecule has 0 unspecified atom stereocenters. The fraction of sp³-hybridized carbons (Fsp3) is 0.500. The zero-order valence-corrected chi connectivity index (χ0v) is 24.9. The SMILES string of the molecule is CC(C)[C@H](N)C(=O)O.C[C@@H](O)[C@H](N)C(=O)O.C[C@H](N)C(=O)O.N[C@@H](CO)C(=O)O.N[C@@H](Cc1c[nH]c2ccccc12)C(=O)O. The van der Waals surface area contributed by atoms with E-state index in [9.17, 15) is 24.0 Å². The van der Waals surface area contributed by atoms with Gasteiger partial charge in [0.25, 0.3) is 0 Å². The molecule has 0 saturated heterocycles. The zero-order valence-electron chi connectivity index (χ0n) is 24.9. The zero-order chi connectivity index (χ0) is 35.3. The molecule has 6 atom stereocenters. The van der Waals surface area contributed by atoms with Crippen molar-refractivity contribution in [3.63, 3.8) is 0 Å². The number of carbonyl (C=O) groups is 5. The highest BCUT2D eigenvalue weighted by Gasteiger charge is 2.16. The lowest BCUT2D eigenvalue weighted by Crippen LogP contribution is -2.39. The lowest BCUT2D eigenvalue weighted by Gasteiger charge is -2.07. The molecule has 0 aliphatic heterocycles. The number of aromatic nitrogens is 1. The standard InChI is InChI=1S/C11H12N2O2.C5H11NO2.C4H9NO3.C3H7NO3.C3H7NO2/c12-9(11(14)15)5-7-6-13-10-4-2-1-3-8(7)10;1-3(2)4(6)5(7)8;1-2(6)3(5)4(7)8;4-2(1-5)3(6)7;1-2(4)3(5)6/h1-4,6,9,13H,5,12H2,(H,14,15);3-4H,6H2,1-2H3,(H,7,8);2-3,6H,5H2,1H3,(H,7,8);2,5H,1,4H2,(H,6,7);2H,4H2,1H3,(H,5,6)/t9-;4-;2-,3+;2*2-/m00100/s1. The third kappa shape index (κ3) is 20.7. The molecule has 18 heteroatoms. The Labute approximate surface area is 253 Å². The van der Waals surface area contributed by atoms with Gasteiger partial charge in [-0.3, -0.25) is 24.0 Å². The van der Waals surface area contributed by atoms with Crippen LogP contribution in [0.5, 0.6) is 0 Å². The highest BCUT2D eigenvalue weighted by Crippen LogP contribution is 2.18. The van der Waals surface area contributed by atoms with E-state index in [1.165, 1.54) is 13.8 Å². The minimum Gasteiger partial charge on any atom is -0.480 e. The van der Waals surface area contributed by atoms with Crippen LogP contribution in [0.2, 0.25) is 0 Å². The van der Waals surface area contributed by atoms with Crippen molar-refractivity contribution in [2.24, 2.45) is 34.6 Å². The van der Waals surface area contributed by atoms with Crippen LogP contribution in [0.1, 0.15) is 33.3 Å². The van der Waals surface area contributed by atoms with Gasteiger partial charge in [0.2, 0.25) is 0 Å². The molecule has 1 heterocycles. The fourth-order valence-corrected chi connectivity index (χ4v) is 2.19. The average molecular weight is 635 g/mol. The number of carboxylic acids is 5. The van der Waals surface area contributed by atoms with E-state index in [0.717, 1.165) is 16.5 Å². The maximum absolute atomic E-state index is 10.6. The summed E-state index contributed by atoms with van der Waals surface area (Å²) in [6, 6.07) is 3.19. The smallest absolute Gasteiger partial charge is 0.323 e. The topological polar surface area (TPSA) is 373 Å². The van der Waals surface area contributed by atoms with E-state index in [2.05, 4.69) is 4.98 Å². The summed E-state index contributed by atoms with van der Waals surface area (Å²) in [5, 5.41) is 58.3. The molecule has 252 valence electrons. The number of carboxylic acid groups (broad SMARTS) is 5. The van der Waals surface area contributed by atoms with E-state index in [1.54, 1.807) is 13.8 Å².